The van der Waals surface area contributed by atoms with E-state index in [1.165, 1.54) is 14.2 Å². The molecule has 27 heavy (non-hydrogen) atoms. The Hall–Kier alpha value is -3.10. The zero-order valence-corrected chi connectivity index (χ0v) is 15.2. The summed E-state index contributed by atoms with van der Waals surface area (Å²) in [6, 6.07) is 13.4. The Bertz CT molecular complexity index is 736. The normalized spacial score (nSPS) is 10.8. The van der Waals surface area contributed by atoms with E-state index in [1.54, 1.807) is 48.5 Å². The van der Waals surface area contributed by atoms with Crippen molar-refractivity contribution in [2.75, 3.05) is 27.3 Å². The minimum absolute atomic E-state index is 0.0690. The molecule has 0 saturated heterocycles. The maximum atomic E-state index is 11.0. The van der Waals surface area contributed by atoms with Gasteiger partial charge < -0.3 is 30.7 Å². The van der Waals surface area contributed by atoms with Crippen molar-refractivity contribution in [1.82, 2.24) is 5.32 Å². The number of aliphatic hydroxyl groups is 1. The molecule has 0 heterocycles. The lowest BCUT2D eigenvalue weighted by molar-refractivity contribution is -0.120. The molecule has 0 aliphatic heterocycles. The Morgan fingerprint density at radius 1 is 1.11 bits per heavy atom. The number of ether oxygens (including phenoxy) is 2. The fraction of sp³-hybridized carbons (Fsp3) is 0.263. The molecule has 0 spiro atoms. The number of amides is 1. The SMILES string of the molecule is COc1ccc(OC)c(C(O)CNC(=O)CN)c1.O=C(O)c1ccccc1. The number of methoxy groups -OCH3 is 2. The zero-order valence-electron chi connectivity index (χ0n) is 15.2. The lowest BCUT2D eigenvalue weighted by Gasteiger charge is -2.16. The highest BCUT2D eigenvalue weighted by molar-refractivity contribution is 5.87. The van der Waals surface area contributed by atoms with E-state index in [-0.39, 0.29) is 19.0 Å². The summed E-state index contributed by atoms with van der Waals surface area (Å²) in [6.07, 6.45) is -0.884. The quantitative estimate of drug-likeness (QED) is 0.571. The van der Waals surface area contributed by atoms with Crippen LogP contribution in [0.25, 0.3) is 0 Å². The molecule has 2 aromatic carbocycles. The number of hydrogen-bond donors (Lipinski definition) is 4. The third-order valence-electron chi connectivity index (χ3n) is 3.49. The molecule has 0 saturated carbocycles. The van der Waals surface area contributed by atoms with Crippen LogP contribution in [0.2, 0.25) is 0 Å². The first kappa shape index (κ1) is 21.9. The minimum Gasteiger partial charge on any atom is -0.497 e. The second kappa shape index (κ2) is 11.5. The number of benzene rings is 2. The van der Waals surface area contributed by atoms with Gasteiger partial charge >= 0.3 is 5.97 Å². The zero-order chi connectivity index (χ0) is 20.2. The topological polar surface area (TPSA) is 131 Å². The van der Waals surface area contributed by atoms with Gasteiger partial charge in [-0.05, 0) is 30.3 Å². The van der Waals surface area contributed by atoms with Gasteiger partial charge in [-0.1, -0.05) is 18.2 Å². The van der Waals surface area contributed by atoms with Crippen molar-refractivity contribution >= 4 is 11.9 Å². The van der Waals surface area contributed by atoms with E-state index in [9.17, 15) is 14.7 Å². The third kappa shape index (κ3) is 7.35. The smallest absolute Gasteiger partial charge is 0.335 e. The van der Waals surface area contributed by atoms with Crippen LogP contribution in [-0.2, 0) is 4.79 Å². The maximum Gasteiger partial charge on any atom is 0.335 e. The number of aliphatic hydroxyl groups excluding tert-OH is 1. The molecule has 8 nitrogen and oxygen atoms in total. The summed E-state index contributed by atoms with van der Waals surface area (Å²) in [5.74, 6) is -0.0631. The van der Waals surface area contributed by atoms with Crippen LogP contribution >= 0.6 is 0 Å². The van der Waals surface area contributed by atoms with Gasteiger partial charge in [0.05, 0.1) is 32.4 Å². The molecule has 0 aliphatic carbocycles. The lowest BCUT2D eigenvalue weighted by atomic mass is 10.1. The summed E-state index contributed by atoms with van der Waals surface area (Å²) in [4.78, 5) is 21.2. The predicted molar refractivity (Wildman–Crippen MR) is 100.0 cm³/mol. The van der Waals surface area contributed by atoms with Crippen LogP contribution < -0.4 is 20.5 Å². The predicted octanol–water partition coefficient (Wildman–Crippen LogP) is 1.20. The van der Waals surface area contributed by atoms with E-state index >= 15 is 0 Å². The molecular formula is C19H24N2O6. The average Bonchev–Trinajstić information content (AvgIpc) is 2.72. The molecule has 0 fully saturated rings. The van der Waals surface area contributed by atoms with E-state index in [2.05, 4.69) is 5.32 Å². The Morgan fingerprint density at radius 2 is 1.78 bits per heavy atom. The summed E-state index contributed by atoms with van der Waals surface area (Å²) < 4.78 is 10.2. The lowest BCUT2D eigenvalue weighted by Crippen LogP contribution is -2.33. The second-order valence-corrected chi connectivity index (χ2v) is 5.30. The Labute approximate surface area is 157 Å². The van der Waals surface area contributed by atoms with Crippen LogP contribution in [0.4, 0.5) is 0 Å². The molecule has 2 aromatic rings. The Kier molecular flexibility index (Phi) is 9.35. The van der Waals surface area contributed by atoms with Gasteiger partial charge in [0.15, 0.2) is 0 Å². The summed E-state index contributed by atoms with van der Waals surface area (Å²) in [6.45, 7) is -0.0402. The minimum atomic E-state index is -0.884. The average molecular weight is 376 g/mol. The summed E-state index contributed by atoms with van der Waals surface area (Å²) in [5, 5.41) is 20.9. The molecule has 2 rings (SSSR count). The second-order valence-electron chi connectivity index (χ2n) is 5.30. The van der Waals surface area contributed by atoms with Gasteiger partial charge in [-0.15, -0.1) is 0 Å². The largest absolute Gasteiger partial charge is 0.497 e. The number of carbonyl (C=O) groups is 2. The van der Waals surface area contributed by atoms with Crippen molar-refractivity contribution in [2.45, 2.75) is 6.10 Å². The molecule has 0 aromatic heterocycles. The highest BCUT2D eigenvalue weighted by Crippen LogP contribution is 2.28. The summed E-state index contributed by atoms with van der Waals surface area (Å²) in [5.41, 5.74) is 6.04. The van der Waals surface area contributed by atoms with Crippen LogP contribution in [-0.4, -0.2) is 49.4 Å². The van der Waals surface area contributed by atoms with Gasteiger partial charge in [0.25, 0.3) is 0 Å². The highest BCUT2D eigenvalue weighted by atomic mass is 16.5. The van der Waals surface area contributed by atoms with Gasteiger partial charge in [0, 0.05) is 12.1 Å². The van der Waals surface area contributed by atoms with Crippen LogP contribution in [0.3, 0.4) is 0 Å². The molecule has 5 N–H and O–H groups in total. The molecule has 1 atom stereocenters. The van der Waals surface area contributed by atoms with E-state index in [1.807, 2.05) is 0 Å². The number of aromatic carboxylic acids is 1. The van der Waals surface area contributed by atoms with Crippen molar-refractivity contribution in [1.29, 1.82) is 0 Å². The van der Waals surface area contributed by atoms with E-state index in [4.69, 9.17) is 20.3 Å². The number of nitrogens with two attached hydrogens (primary N) is 1. The summed E-state index contributed by atoms with van der Waals surface area (Å²) >= 11 is 0. The number of rotatable bonds is 7. The monoisotopic (exact) mass is 376 g/mol. The first-order chi connectivity index (χ1) is 12.9. The number of carboxylic acid groups (broad SMARTS) is 1. The van der Waals surface area contributed by atoms with Crippen LogP contribution in [0, 0.1) is 0 Å². The van der Waals surface area contributed by atoms with Gasteiger partial charge in [-0.25, -0.2) is 4.79 Å². The van der Waals surface area contributed by atoms with Crippen molar-refractivity contribution in [2.24, 2.45) is 5.73 Å². The van der Waals surface area contributed by atoms with E-state index in [0.717, 1.165) is 0 Å². The Balaban J connectivity index is 0.000000337. The van der Waals surface area contributed by atoms with Crippen molar-refractivity contribution in [3.63, 3.8) is 0 Å². The van der Waals surface area contributed by atoms with Gasteiger partial charge in [-0.3, -0.25) is 4.79 Å². The van der Waals surface area contributed by atoms with Gasteiger partial charge in [-0.2, -0.15) is 0 Å². The van der Waals surface area contributed by atoms with Crippen molar-refractivity contribution < 1.29 is 29.3 Å². The Morgan fingerprint density at radius 3 is 2.26 bits per heavy atom. The molecule has 146 valence electrons. The van der Waals surface area contributed by atoms with E-state index in [0.29, 0.717) is 22.6 Å². The number of nitrogens with one attached hydrogen (secondary N) is 1. The molecule has 0 radical (unpaired) electrons. The van der Waals surface area contributed by atoms with E-state index < -0.39 is 12.1 Å². The van der Waals surface area contributed by atoms with Crippen molar-refractivity contribution in [3.05, 3.63) is 59.7 Å². The standard InChI is InChI=1S/C12H18N2O4.C7H6O2/c1-17-8-3-4-11(18-2)9(5-8)10(15)7-14-12(16)6-13;8-7(9)6-4-2-1-3-5-6/h3-5,10,15H,6-7,13H2,1-2H3,(H,14,16);1-5H,(H,8,9). The molecule has 1 amide bonds. The molecule has 1 unspecified atom stereocenters. The van der Waals surface area contributed by atoms with Gasteiger partial charge in [0.2, 0.25) is 5.91 Å². The molecule has 8 heteroatoms. The third-order valence-corrected chi connectivity index (χ3v) is 3.49. The number of hydrogen-bond acceptors (Lipinski definition) is 6. The first-order valence-corrected chi connectivity index (χ1v) is 8.08. The number of carbonyl (C=O) groups excluding carboxylic acids is 1. The fourth-order valence-electron chi connectivity index (χ4n) is 2.07. The van der Waals surface area contributed by atoms with Gasteiger partial charge in [0.1, 0.15) is 11.5 Å². The highest BCUT2D eigenvalue weighted by Gasteiger charge is 2.15. The fourth-order valence-corrected chi connectivity index (χ4v) is 2.07. The van der Waals surface area contributed by atoms with Crippen LogP contribution in [0.1, 0.15) is 22.0 Å². The molecular weight excluding hydrogens is 352 g/mol. The van der Waals surface area contributed by atoms with Crippen LogP contribution in [0.15, 0.2) is 48.5 Å². The molecule has 0 aliphatic rings. The first-order valence-electron chi connectivity index (χ1n) is 8.08. The number of carboxylic acids is 1. The van der Waals surface area contributed by atoms with Crippen molar-refractivity contribution in [3.8, 4) is 11.5 Å². The molecule has 0 bridgehead atoms. The maximum absolute atomic E-state index is 11.0. The summed E-state index contributed by atoms with van der Waals surface area (Å²) in [7, 11) is 3.05. The van der Waals surface area contributed by atoms with Crippen LogP contribution in [0.5, 0.6) is 11.5 Å².